The van der Waals surface area contributed by atoms with Crippen molar-refractivity contribution in [3.8, 4) is 11.1 Å². The van der Waals surface area contributed by atoms with Crippen LogP contribution in [0.15, 0.2) is 35.0 Å². The predicted octanol–water partition coefficient (Wildman–Crippen LogP) is 4.61. The molecule has 0 bridgehead atoms. The Kier molecular flexibility index (Phi) is 4.13. The summed E-state index contributed by atoms with van der Waals surface area (Å²) in [6, 6.07) is 4.71. The molecule has 106 valence electrons. The minimum Gasteiger partial charge on any atom is -0.462 e. The molecule has 2 aromatic rings. The number of rotatable bonds is 3. The molecule has 2 rings (SSSR count). The van der Waals surface area contributed by atoms with Crippen LogP contribution in [0.25, 0.3) is 11.1 Å². The van der Waals surface area contributed by atoms with Gasteiger partial charge < -0.3 is 4.74 Å². The molecule has 0 aliphatic carbocycles. The summed E-state index contributed by atoms with van der Waals surface area (Å²) in [6.07, 6.45) is -4.36. The van der Waals surface area contributed by atoms with Gasteiger partial charge in [-0.25, -0.2) is 4.79 Å². The minimum atomic E-state index is -4.36. The molecule has 2 nitrogen and oxygen atoms in total. The van der Waals surface area contributed by atoms with Crippen LogP contribution in [0.4, 0.5) is 13.2 Å². The zero-order valence-electron chi connectivity index (χ0n) is 10.5. The summed E-state index contributed by atoms with van der Waals surface area (Å²) in [5.74, 6) is -0.469. The fourth-order valence-corrected chi connectivity index (χ4v) is 2.55. The SMILES string of the molecule is CCOC(=O)c1cscc1-c1ccc(C(F)(F)F)cc1. The zero-order chi connectivity index (χ0) is 14.8. The van der Waals surface area contributed by atoms with Crippen molar-refractivity contribution < 1.29 is 22.7 Å². The molecule has 0 saturated carbocycles. The molecule has 0 radical (unpaired) electrons. The summed E-state index contributed by atoms with van der Waals surface area (Å²) in [7, 11) is 0. The van der Waals surface area contributed by atoms with Crippen molar-refractivity contribution in [3.05, 3.63) is 46.2 Å². The molecule has 1 aromatic carbocycles. The highest BCUT2D eigenvalue weighted by Crippen LogP contribution is 2.33. The van der Waals surface area contributed by atoms with Gasteiger partial charge >= 0.3 is 12.1 Å². The third-order valence-corrected chi connectivity index (χ3v) is 3.42. The lowest BCUT2D eigenvalue weighted by Crippen LogP contribution is -2.05. The van der Waals surface area contributed by atoms with E-state index in [1.165, 1.54) is 23.5 Å². The number of carbonyl (C=O) groups excluding carboxylic acids is 1. The number of esters is 1. The van der Waals surface area contributed by atoms with Crippen LogP contribution >= 0.6 is 11.3 Å². The maximum Gasteiger partial charge on any atom is 0.416 e. The maximum atomic E-state index is 12.5. The highest BCUT2D eigenvalue weighted by Gasteiger charge is 2.30. The van der Waals surface area contributed by atoms with Gasteiger partial charge in [-0.1, -0.05) is 12.1 Å². The number of thiophene rings is 1. The summed E-state index contributed by atoms with van der Waals surface area (Å²) in [4.78, 5) is 11.7. The first kappa shape index (κ1) is 14.6. The monoisotopic (exact) mass is 300 g/mol. The molecule has 1 aromatic heterocycles. The number of hydrogen-bond donors (Lipinski definition) is 0. The largest absolute Gasteiger partial charge is 0.462 e. The van der Waals surface area contributed by atoms with Crippen LogP contribution in [0.3, 0.4) is 0 Å². The van der Waals surface area contributed by atoms with Crippen molar-refractivity contribution in [2.45, 2.75) is 13.1 Å². The number of carbonyl (C=O) groups is 1. The number of alkyl halides is 3. The summed E-state index contributed by atoms with van der Waals surface area (Å²) >= 11 is 1.30. The third-order valence-electron chi connectivity index (χ3n) is 2.68. The summed E-state index contributed by atoms with van der Waals surface area (Å²) < 4.78 is 42.4. The van der Waals surface area contributed by atoms with Gasteiger partial charge in [-0.3, -0.25) is 0 Å². The van der Waals surface area contributed by atoms with Crippen LogP contribution in [0.1, 0.15) is 22.8 Å². The molecule has 0 spiro atoms. The van der Waals surface area contributed by atoms with Crippen molar-refractivity contribution in [2.24, 2.45) is 0 Å². The first-order valence-corrected chi connectivity index (χ1v) is 6.78. The summed E-state index contributed by atoms with van der Waals surface area (Å²) in [5.41, 5.74) is 0.801. The van der Waals surface area contributed by atoms with Crippen molar-refractivity contribution in [1.29, 1.82) is 0 Å². The second-order valence-corrected chi connectivity index (χ2v) is 4.74. The smallest absolute Gasteiger partial charge is 0.416 e. The van der Waals surface area contributed by atoms with E-state index in [2.05, 4.69) is 0 Å². The molecule has 0 amide bonds. The second-order valence-electron chi connectivity index (χ2n) is 3.99. The first-order valence-electron chi connectivity index (χ1n) is 5.84. The van der Waals surface area contributed by atoms with E-state index in [9.17, 15) is 18.0 Å². The van der Waals surface area contributed by atoms with Crippen LogP contribution in [0.5, 0.6) is 0 Å². The molecule has 0 N–H and O–H groups in total. The van der Waals surface area contributed by atoms with Crippen LogP contribution < -0.4 is 0 Å². The van der Waals surface area contributed by atoms with E-state index in [0.29, 0.717) is 16.7 Å². The van der Waals surface area contributed by atoms with E-state index >= 15 is 0 Å². The number of ether oxygens (including phenoxy) is 1. The fraction of sp³-hybridized carbons (Fsp3) is 0.214. The third kappa shape index (κ3) is 3.01. The highest BCUT2D eigenvalue weighted by atomic mass is 32.1. The molecule has 0 saturated heterocycles. The number of benzene rings is 1. The van der Waals surface area contributed by atoms with E-state index < -0.39 is 17.7 Å². The average Bonchev–Trinajstić information content (AvgIpc) is 2.87. The lowest BCUT2D eigenvalue weighted by atomic mass is 10.0. The molecule has 0 aliphatic rings. The normalized spacial score (nSPS) is 11.4. The molecule has 6 heteroatoms. The zero-order valence-corrected chi connectivity index (χ0v) is 11.3. The van der Waals surface area contributed by atoms with Crippen molar-refractivity contribution >= 4 is 17.3 Å². The topological polar surface area (TPSA) is 26.3 Å². The Balaban J connectivity index is 2.33. The standard InChI is InChI=1S/C14H11F3O2S/c1-2-19-13(18)12-8-20-7-11(12)9-3-5-10(6-4-9)14(15,16)17/h3-8H,2H2,1H3. The van der Waals surface area contributed by atoms with E-state index in [1.54, 1.807) is 17.7 Å². The lowest BCUT2D eigenvalue weighted by molar-refractivity contribution is -0.137. The Morgan fingerprint density at radius 2 is 1.85 bits per heavy atom. The summed E-state index contributed by atoms with van der Waals surface area (Å²) in [6.45, 7) is 1.95. The van der Waals surface area contributed by atoms with E-state index in [4.69, 9.17) is 4.74 Å². The minimum absolute atomic E-state index is 0.251. The van der Waals surface area contributed by atoms with E-state index in [0.717, 1.165) is 12.1 Å². The van der Waals surface area contributed by atoms with Gasteiger partial charge in [0.15, 0.2) is 0 Å². The van der Waals surface area contributed by atoms with Crippen molar-refractivity contribution in [1.82, 2.24) is 0 Å². The average molecular weight is 300 g/mol. The van der Waals surface area contributed by atoms with Gasteiger partial charge in [0.05, 0.1) is 17.7 Å². The highest BCUT2D eigenvalue weighted by molar-refractivity contribution is 7.08. The quantitative estimate of drug-likeness (QED) is 0.774. The molecule has 20 heavy (non-hydrogen) atoms. The fourth-order valence-electron chi connectivity index (χ4n) is 1.73. The predicted molar refractivity (Wildman–Crippen MR) is 70.7 cm³/mol. The van der Waals surface area contributed by atoms with Crippen LogP contribution in [-0.2, 0) is 10.9 Å². The van der Waals surface area contributed by atoms with Crippen molar-refractivity contribution in [3.63, 3.8) is 0 Å². The van der Waals surface area contributed by atoms with Gasteiger partial charge in [-0.2, -0.15) is 24.5 Å². The van der Waals surface area contributed by atoms with Crippen LogP contribution in [-0.4, -0.2) is 12.6 Å². The second kappa shape index (κ2) is 5.66. The van der Waals surface area contributed by atoms with Crippen molar-refractivity contribution in [2.75, 3.05) is 6.61 Å². The molecular formula is C14H11F3O2S. The molecule has 0 fully saturated rings. The van der Waals surface area contributed by atoms with Gasteiger partial charge in [-0.15, -0.1) is 0 Å². The Bertz CT molecular complexity index is 600. The Labute approximate surface area is 117 Å². The number of hydrogen-bond acceptors (Lipinski definition) is 3. The first-order chi connectivity index (χ1) is 9.43. The van der Waals surface area contributed by atoms with Gasteiger partial charge in [0.1, 0.15) is 0 Å². The van der Waals surface area contributed by atoms with Gasteiger partial charge in [0.2, 0.25) is 0 Å². The van der Waals surface area contributed by atoms with Gasteiger partial charge in [0, 0.05) is 10.9 Å². The van der Waals surface area contributed by atoms with Crippen LogP contribution in [0, 0.1) is 0 Å². The Hall–Kier alpha value is -1.82. The van der Waals surface area contributed by atoms with Gasteiger partial charge in [0.25, 0.3) is 0 Å². The molecule has 0 aliphatic heterocycles. The van der Waals surface area contributed by atoms with E-state index in [1.807, 2.05) is 0 Å². The molecule has 0 atom stereocenters. The van der Waals surface area contributed by atoms with Crippen LogP contribution in [0.2, 0.25) is 0 Å². The number of halogens is 3. The summed E-state index contributed by atoms with van der Waals surface area (Å²) in [5, 5.41) is 3.35. The molecule has 1 heterocycles. The molecule has 0 unspecified atom stereocenters. The maximum absolute atomic E-state index is 12.5. The Morgan fingerprint density at radius 3 is 2.40 bits per heavy atom. The van der Waals surface area contributed by atoms with E-state index in [-0.39, 0.29) is 6.61 Å². The van der Waals surface area contributed by atoms with Gasteiger partial charge in [-0.05, 0) is 30.0 Å². The molecular weight excluding hydrogens is 289 g/mol. The lowest BCUT2D eigenvalue weighted by Gasteiger charge is -2.08. The Morgan fingerprint density at radius 1 is 1.20 bits per heavy atom.